The molecule has 73 heavy (non-hydrogen) atoms. The summed E-state index contributed by atoms with van der Waals surface area (Å²) in [6, 6.07) is 67.2. The molecule has 0 amide bonds. The predicted molar refractivity (Wildman–Crippen MR) is 312 cm³/mol. The number of rotatable bonds is 9. The molecule has 0 saturated heterocycles. The molecule has 0 atom stereocenters. The predicted octanol–water partition coefficient (Wildman–Crippen LogP) is 19.6. The Morgan fingerprint density at radius 3 is 0.795 bits per heavy atom. The summed E-state index contributed by atoms with van der Waals surface area (Å²) in [5.74, 6) is 0. The normalized spacial score (nSPS) is 13.7. The van der Waals surface area contributed by atoms with Crippen LogP contribution in [0.5, 0.6) is 0 Å². The second-order valence-corrected chi connectivity index (χ2v) is 22.4. The lowest BCUT2D eigenvalue weighted by Gasteiger charge is -2.50. The Bertz CT molecular complexity index is 3370. The van der Waals surface area contributed by atoms with Crippen molar-refractivity contribution in [2.24, 2.45) is 0 Å². The zero-order valence-corrected chi connectivity index (χ0v) is 45.0. The minimum Gasteiger partial charge on any atom is -0.310 e. The van der Waals surface area contributed by atoms with Crippen LogP contribution < -0.4 is 19.6 Å². The van der Waals surface area contributed by atoms with Crippen molar-refractivity contribution in [1.82, 2.24) is 0 Å². The molecule has 0 unspecified atom stereocenters. The standard InChI is InChI=1S/C69H68N4/c1-43-14-20-52(21-15-43)70(57-33-46(4)30-47(5)34-57)55-26-28-65-61(39-55)68(10,11)63-41-60(72(54-24-18-45(3)19-25-54)59-37-50(8)32-51(9)38-59)42-64-67(63)73(65)66-29-27-56(40-62(66)69(64,12)13)71(53-22-16-44(2)17-23-53)58-35-48(6)31-49(7)36-58/h14-42H,1-13H3. The third-order valence-corrected chi connectivity index (χ3v) is 15.5. The molecule has 2 aliphatic heterocycles. The van der Waals surface area contributed by atoms with E-state index in [9.17, 15) is 0 Å². The molecule has 0 fully saturated rings. The van der Waals surface area contributed by atoms with Crippen molar-refractivity contribution in [2.45, 2.75) is 101 Å². The first-order valence-corrected chi connectivity index (χ1v) is 26.0. The molecule has 9 aromatic carbocycles. The molecule has 2 heterocycles. The van der Waals surface area contributed by atoms with Gasteiger partial charge in [-0.05, 0) is 239 Å². The number of anilines is 12. The van der Waals surface area contributed by atoms with Gasteiger partial charge in [-0.3, -0.25) is 0 Å². The number of benzene rings is 9. The second-order valence-electron chi connectivity index (χ2n) is 22.4. The van der Waals surface area contributed by atoms with Crippen LogP contribution in [-0.2, 0) is 10.8 Å². The molecule has 11 rings (SSSR count). The number of aryl methyl sites for hydroxylation is 9. The van der Waals surface area contributed by atoms with E-state index >= 15 is 0 Å². The molecule has 9 aromatic rings. The van der Waals surface area contributed by atoms with Crippen LogP contribution in [-0.4, -0.2) is 0 Å². The first kappa shape index (κ1) is 47.5. The summed E-state index contributed by atoms with van der Waals surface area (Å²) >= 11 is 0. The molecule has 0 N–H and O–H groups in total. The van der Waals surface area contributed by atoms with Crippen molar-refractivity contribution in [3.05, 3.63) is 248 Å². The Morgan fingerprint density at radius 1 is 0.247 bits per heavy atom. The van der Waals surface area contributed by atoms with E-state index in [0.29, 0.717) is 0 Å². The van der Waals surface area contributed by atoms with Gasteiger partial charge in [0.25, 0.3) is 0 Å². The number of fused-ring (bicyclic) bond motifs is 4. The van der Waals surface area contributed by atoms with Crippen LogP contribution in [0.25, 0.3) is 0 Å². The quantitative estimate of drug-likeness (QED) is 0.143. The van der Waals surface area contributed by atoms with Gasteiger partial charge in [0.05, 0.1) is 17.1 Å². The van der Waals surface area contributed by atoms with Gasteiger partial charge in [-0.1, -0.05) is 99.0 Å². The molecular weight excluding hydrogens is 885 g/mol. The summed E-state index contributed by atoms with van der Waals surface area (Å²) < 4.78 is 0. The third-order valence-electron chi connectivity index (χ3n) is 15.5. The molecule has 0 radical (unpaired) electrons. The van der Waals surface area contributed by atoms with Gasteiger partial charge in [0.1, 0.15) is 0 Å². The Morgan fingerprint density at radius 2 is 0.493 bits per heavy atom. The largest absolute Gasteiger partial charge is 0.310 e. The van der Waals surface area contributed by atoms with E-state index in [-0.39, 0.29) is 0 Å². The number of hydrogen-bond donors (Lipinski definition) is 0. The van der Waals surface area contributed by atoms with Crippen molar-refractivity contribution in [1.29, 1.82) is 0 Å². The third kappa shape index (κ3) is 8.37. The van der Waals surface area contributed by atoms with E-state index < -0.39 is 10.8 Å². The van der Waals surface area contributed by atoms with Gasteiger partial charge in [-0.2, -0.15) is 0 Å². The van der Waals surface area contributed by atoms with Crippen molar-refractivity contribution in [2.75, 3.05) is 19.6 Å². The molecule has 0 aliphatic carbocycles. The maximum atomic E-state index is 2.61. The molecule has 0 saturated carbocycles. The van der Waals surface area contributed by atoms with Gasteiger partial charge < -0.3 is 19.6 Å². The Labute approximate surface area is 434 Å². The van der Waals surface area contributed by atoms with Crippen LogP contribution in [0.15, 0.2) is 176 Å². The van der Waals surface area contributed by atoms with E-state index in [0.717, 1.165) is 51.2 Å². The summed E-state index contributed by atoms with van der Waals surface area (Å²) in [5.41, 5.74) is 29.5. The lowest BCUT2D eigenvalue weighted by molar-refractivity contribution is 0.597. The van der Waals surface area contributed by atoms with Crippen LogP contribution in [0.4, 0.5) is 68.2 Å². The highest BCUT2D eigenvalue weighted by molar-refractivity contribution is 5.97. The summed E-state index contributed by atoms with van der Waals surface area (Å²) in [5, 5.41) is 0. The summed E-state index contributed by atoms with van der Waals surface area (Å²) in [6.45, 7) is 29.5. The van der Waals surface area contributed by atoms with Crippen LogP contribution in [0, 0.1) is 62.3 Å². The van der Waals surface area contributed by atoms with Gasteiger partial charge >= 0.3 is 0 Å². The van der Waals surface area contributed by atoms with Crippen molar-refractivity contribution < 1.29 is 0 Å². The lowest BCUT2D eigenvalue weighted by atomic mass is 9.66. The maximum absolute atomic E-state index is 2.61. The first-order valence-electron chi connectivity index (χ1n) is 26.0. The number of nitrogens with zero attached hydrogens (tertiary/aromatic N) is 4. The molecule has 4 heteroatoms. The van der Waals surface area contributed by atoms with Crippen LogP contribution >= 0.6 is 0 Å². The molecule has 2 aliphatic rings. The minimum absolute atomic E-state index is 0.413. The molecule has 0 aromatic heterocycles. The van der Waals surface area contributed by atoms with Crippen molar-refractivity contribution in [3.63, 3.8) is 0 Å². The smallest absolute Gasteiger partial charge is 0.0545 e. The fourth-order valence-electron chi connectivity index (χ4n) is 12.0. The SMILES string of the molecule is Cc1ccc(N(c2cc(C)cc(C)c2)c2ccc3c(c2)C(C)(C)c2cc(N(c4ccc(C)cc4)c4cc(C)cc(C)c4)cc4c2N3c2ccc(N(c3ccc(C)cc3)c3cc(C)cc(C)c3)cc2C4(C)C)cc1. The fraction of sp³-hybridized carbons (Fsp3) is 0.217. The minimum atomic E-state index is -0.413. The summed E-state index contributed by atoms with van der Waals surface area (Å²) in [7, 11) is 0. The Kier molecular flexibility index (Phi) is 11.5. The summed E-state index contributed by atoms with van der Waals surface area (Å²) in [6.07, 6.45) is 0. The molecular formula is C69H68N4. The van der Waals surface area contributed by atoms with E-state index in [4.69, 9.17) is 0 Å². The second kappa shape index (κ2) is 17.7. The van der Waals surface area contributed by atoms with Gasteiger partial charge in [0, 0.05) is 62.0 Å². The van der Waals surface area contributed by atoms with Crippen molar-refractivity contribution >= 4 is 68.2 Å². The van der Waals surface area contributed by atoms with E-state index in [1.807, 2.05) is 0 Å². The Hall–Kier alpha value is -7.82. The van der Waals surface area contributed by atoms with E-state index in [2.05, 4.69) is 286 Å². The number of hydrogen-bond acceptors (Lipinski definition) is 4. The first-order chi connectivity index (χ1) is 34.8. The zero-order valence-electron chi connectivity index (χ0n) is 45.0. The van der Waals surface area contributed by atoms with E-state index in [1.54, 1.807) is 0 Å². The maximum Gasteiger partial charge on any atom is 0.0545 e. The fourth-order valence-corrected chi connectivity index (χ4v) is 12.0. The molecule has 4 nitrogen and oxygen atoms in total. The topological polar surface area (TPSA) is 13.0 Å². The molecule has 0 spiro atoms. The van der Waals surface area contributed by atoms with Gasteiger partial charge in [0.2, 0.25) is 0 Å². The zero-order chi connectivity index (χ0) is 51.2. The average Bonchev–Trinajstić information content (AvgIpc) is 3.33. The van der Waals surface area contributed by atoms with E-state index in [1.165, 1.54) is 89.4 Å². The Balaban J connectivity index is 1.19. The average molecular weight is 953 g/mol. The van der Waals surface area contributed by atoms with Crippen LogP contribution in [0.2, 0.25) is 0 Å². The summed E-state index contributed by atoms with van der Waals surface area (Å²) in [4.78, 5) is 9.98. The highest BCUT2D eigenvalue weighted by Crippen LogP contribution is 2.62. The van der Waals surface area contributed by atoms with Gasteiger partial charge in [0.15, 0.2) is 0 Å². The monoisotopic (exact) mass is 953 g/mol. The highest BCUT2D eigenvalue weighted by atomic mass is 15.2. The molecule has 0 bridgehead atoms. The van der Waals surface area contributed by atoms with Crippen LogP contribution in [0.1, 0.15) is 100 Å². The van der Waals surface area contributed by atoms with Crippen molar-refractivity contribution in [3.8, 4) is 0 Å². The lowest BCUT2D eigenvalue weighted by Crippen LogP contribution is -2.38. The van der Waals surface area contributed by atoms with Crippen LogP contribution in [0.3, 0.4) is 0 Å². The van der Waals surface area contributed by atoms with Gasteiger partial charge in [-0.25, -0.2) is 0 Å². The van der Waals surface area contributed by atoms with Gasteiger partial charge in [-0.15, -0.1) is 0 Å². The highest BCUT2D eigenvalue weighted by Gasteiger charge is 2.47. The molecule has 364 valence electrons.